The number of piperazine rings is 1. The van der Waals surface area contributed by atoms with Crippen molar-refractivity contribution in [3.8, 4) is 5.75 Å². The molecule has 0 bridgehead atoms. The molecule has 26 heavy (non-hydrogen) atoms. The number of aliphatic imine (C=N–C) groups is 1. The van der Waals surface area contributed by atoms with Crippen LogP contribution in [0.4, 0.5) is 5.69 Å². The highest BCUT2D eigenvalue weighted by molar-refractivity contribution is 5.95. The topological polar surface area (TPSA) is 71.3 Å². The van der Waals surface area contributed by atoms with Gasteiger partial charge in [0.2, 0.25) is 0 Å². The maximum atomic E-state index is 10.3. The second-order valence-corrected chi connectivity index (χ2v) is 8.34. The lowest BCUT2D eigenvalue weighted by atomic mass is 9.87. The van der Waals surface area contributed by atoms with Crippen LogP contribution in [0.3, 0.4) is 0 Å². The molecule has 1 heterocycles. The van der Waals surface area contributed by atoms with Gasteiger partial charge in [0, 0.05) is 32.7 Å². The summed E-state index contributed by atoms with van der Waals surface area (Å²) in [6.07, 6.45) is 2.29. The molecule has 1 aromatic rings. The number of hydrogen-bond acceptors (Lipinski definition) is 4. The molecule has 0 radical (unpaired) electrons. The highest BCUT2D eigenvalue weighted by atomic mass is 16.3. The summed E-state index contributed by atoms with van der Waals surface area (Å²) in [7, 11) is 0. The molecule has 0 amide bonds. The van der Waals surface area contributed by atoms with E-state index >= 15 is 0 Å². The molecule has 0 spiro atoms. The van der Waals surface area contributed by atoms with Crippen LogP contribution in [-0.2, 0) is 5.41 Å². The molecule has 3 N–H and O–H groups in total. The minimum atomic E-state index is 0.0217. The third-order valence-corrected chi connectivity index (χ3v) is 5.05. The number of phenols is 1. The molecule has 1 saturated heterocycles. The summed E-state index contributed by atoms with van der Waals surface area (Å²) in [6, 6.07) is 6.17. The van der Waals surface area contributed by atoms with Crippen molar-refractivity contribution in [3.05, 3.63) is 23.8 Å². The lowest BCUT2D eigenvalue weighted by Crippen LogP contribution is -2.51. The van der Waals surface area contributed by atoms with Crippen molar-refractivity contribution in [1.29, 1.82) is 0 Å². The number of anilines is 1. The Kier molecular flexibility index (Phi) is 5.73. The standard InChI is InChI=1S/C20H32N4O2/c1-20(2,3)15-4-7-18(26)17(14-15)22-19(21-16-5-6-16)24-10-8-23(9-11-24)12-13-25/h4,7,14,16,25-26H,5-6,8-13H2,1-3H3,(H,21,22). The van der Waals surface area contributed by atoms with E-state index in [4.69, 9.17) is 10.1 Å². The molecule has 1 saturated carbocycles. The summed E-state index contributed by atoms with van der Waals surface area (Å²) in [5.74, 6) is 1.11. The Morgan fingerprint density at radius 3 is 2.46 bits per heavy atom. The van der Waals surface area contributed by atoms with Crippen molar-refractivity contribution in [2.45, 2.75) is 45.1 Å². The molecule has 1 aromatic carbocycles. The molecule has 6 heteroatoms. The normalized spacial score (nSPS) is 19.7. The zero-order chi connectivity index (χ0) is 18.7. The number of aromatic hydroxyl groups is 1. The molecule has 1 aliphatic carbocycles. The molecule has 1 aliphatic heterocycles. The molecule has 2 fully saturated rings. The van der Waals surface area contributed by atoms with Gasteiger partial charge in [-0.3, -0.25) is 4.90 Å². The van der Waals surface area contributed by atoms with Crippen molar-refractivity contribution >= 4 is 11.6 Å². The molecule has 2 aliphatic rings. The Labute approximate surface area is 156 Å². The molecule has 0 atom stereocenters. The number of nitrogens with one attached hydrogen (secondary N) is 1. The third-order valence-electron chi connectivity index (χ3n) is 5.05. The number of phenolic OH excluding ortho intramolecular Hbond substituents is 1. The van der Waals surface area contributed by atoms with Crippen molar-refractivity contribution < 1.29 is 10.2 Å². The summed E-state index contributed by atoms with van der Waals surface area (Å²) in [5.41, 5.74) is 1.92. The maximum absolute atomic E-state index is 10.3. The van der Waals surface area contributed by atoms with Gasteiger partial charge in [-0.2, -0.15) is 0 Å². The SMILES string of the molecule is CC(C)(C)c1ccc(O)c(NC(=NC2CC2)N2CCN(CCO)CC2)c1. The summed E-state index contributed by atoms with van der Waals surface area (Å²) >= 11 is 0. The van der Waals surface area contributed by atoms with Crippen LogP contribution in [0.5, 0.6) is 5.75 Å². The van der Waals surface area contributed by atoms with Crippen LogP contribution < -0.4 is 5.32 Å². The van der Waals surface area contributed by atoms with E-state index in [-0.39, 0.29) is 17.8 Å². The molecule has 144 valence electrons. The Morgan fingerprint density at radius 2 is 1.88 bits per heavy atom. The van der Waals surface area contributed by atoms with E-state index in [0.717, 1.165) is 57.2 Å². The minimum absolute atomic E-state index is 0.0217. The number of β-amino-alcohol motifs (C(OH)–C–C–N with tert-alkyl or cyclic N) is 1. The average molecular weight is 361 g/mol. The molecular weight excluding hydrogens is 328 g/mol. The van der Waals surface area contributed by atoms with E-state index in [0.29, 0.717) is 6.04 Å². The van der Waals surface area contributed by atoms with Crippen molar-refractivity contribution in [3.63, 3.8) is 0 Å². The molecule has 6 nitrogen and oxygen atoms in total. The first-order valence-corrected chi connectivity index (χ1v) is 9.63. The second-order valence-electron chi connectivity index (χ2n) is 8.34. The number of aliphatic hydroxyl groups excluding tert-OH is 1. The number of nitrogens with zero attached hydrogens (tertiary/aromatic N) is 3. The van der Waals surface area contributed by atoms with E-state index in [1.165, 1.54) is 5.56 Å². The number of hydrogen-bond donors (Lipinski definition) is 3. The molecule has 3 rings (SSSR count). The predicted octanol–water partition coefficient (Wildman–Crippen LogP) is 2.23. The Hall–Kier alpha value is -1.79. The van der Waals surface area contributed by atoms with Crippen LogP contribution in [0.25, 0.3) is 0 Å². The number of aliphatic hydroxyl groups is 1. The summed E-state index contributed by atoms with van der Waals surface area (Å²) < 4.78 is 0. The highest BCUT2D eigenvalue weighted by Crippen LogP contribution is 2.31. The van der Waals surface area contributed by atoms with Gasteiger partial charge >= 0.3 is 0 Å². The fourth-order valence-corrected chi connectivity index (χ4v) is 3.12. The smallest absolute Gasteiger partial charge is 0.198 e. The van der Waals surface area contributed by atoms with Gasteiger partial charge in [-0.25, -0.2) is 4.99 Å². The fraction of sp³-hybridized carbons (Fsp3) is 0.650. The maximum Gasteiger partial charge on any atom is 0.198 e. The largest absolute Gasteiger partial charge is 0.506 e. The zero-order valence-electron chi connectivity index (χ0n) is 16.2. The second kappa shape index (κ2) is 7.84. The lowest BCUT2D eigenvalue weighted by Gasteiger charge is -2.36. The van der Waals surface area contributed by atoms with Gasteiger partial charge in [0.25, 0.3) is 0 Å². The Balaban J connectivity index is 1.76. The fourth-order valence-electron chi connectivity index (χ4n) is 3.12. The van der Waals surface area contributed by atoms with Crippen LogP contribution in [-0.4, -0.2) is 71.3 Å². The lowest BCUT2D eigenvalue weighted by molar-refractivity contribution is 0.147. The van der Waals surface area contributed by atoms with Gasteiger partial charge in [0.05, 0.1) is 18.3 Å². The molecule has 0 aromatic heterocycles. The summed E-state index contributed by atoms with van der Waals surface area (Å²) in [4.78, 5) is 9.39. The quantitative estimate of drug-likeness (QED) is 0.436. The van der Waals surface area contributed by atoms with Crippen molar-refractivity contribution in [2.24, 2.45) is 4.99 Å². The van der Waals surface area contributed by atoms with E-state index in [1.807, 2.05) is 12.1 Å². The van der Waals surface area contributed by atoms with Gasteiger partial charge in [0.15, 0.2) is 5.96 Å². The van der Waals surface area contributed by atoms with Crippen LogP contribution >= 0.6 is 0 Å². The van der Waals surface area contributed by atoms with Crippen LogP contribution in [0.2, 0.25) is 0 Å². The van der Waals surface area contributed by atoms with Gasteiger partial charge in [-0.1, -0.05) is 26.8 Å². The van der Waals surface area contributed by atoms with Gasteiger partial charge in [-0.15, -0.1) is 0 Å². The third kappa shape index (κ3) is 4.89. The van der Waals surface area contributed by atoms with Crippen LogP contribution in [0, 0.1) is 0 Å². The average Bonchev–Trinajstić information content (AvgIpc) is 3.40. The van der Waals surface area contributed by atoms with Crippen LogP contribution in [0.15, 0.2) is 23.2 Å². The Morgan fingerprint density at radius 1 is 1.19 bits per heavy atom. The Bertz CT molecular complexity index is 642. The van der Waals surface area contributed by atoms with Crippen LogP contribution in [0.1, 0.15) is 39.2 Å². The van der Waals surface area contributed by atoms with E-state index in [9.17, 15) is 5.11 Å². The first kappa shape index (κ1) is 19.0. The summed E-state index contributed by atoms with van der Waals surface area (Å²) in [5, 5.41) is 22.9. The summed E-state index contributed by atoms with van der Waals surface area (Å²) in [6.45, 7) is 11.0. The number of benzene rings is 1. The molecule has 0 unspecified atom stereocenters. The van der Waals surface area contributed by atoms with Gasteiger partial charge in [-0.05, 0) is 36.0 Å². The predicted molar refractivity (Wildman–Crippen MR) is 106 cm³/mol. The van der Waals surface area contributed by atoms with Crippen molar-refractivity contribution in [2.75, 3.05) is 44.6 Å². The van der Waals surface area contributed by atoms with Gasteiger partial charge in [0.1, 0.15) is 5.75 Å². The van der Waals surface area contributed by atoms with E-state index in [2.05, 4.69) is 35.9 Å². The van der Waals surface area contributed by atoms with E-state index < -0.39 is 0 Å². The van der Waals surface area contributed by atoms with Gasteiger partial charge < -0.3 is 20.4 Å². The number of rotatable bonds is 4. The zero-order valence-corrected chi connectivity index (χ0v) is 16.2. The highest BCUT2D eigenvalue weighted by Gasteiger charge is 2.26. The van der Waals surface area contributed by atoms with E-state index in [1.54, 1.807) is 6.07 Å². The first-order chi connectivity index (χ1) is 12.4. The monoisotopic (exact) mass is 360 g/mol. The first-order valence-electron chi connectivity index (χ1n) is 9.63. The molecular formula is C20H32N4O2. The number of guanidine groups is 1. The van der Waals surface area contributed by atoms with Crippen molar-refractivity contribution in [1.82, 2.24) is 9.80 Å². The minimum Gasteiger partial charge on any atom is -0.506 e.